The number of fused-ring (bicyclic) bond motifs is 1. The molecule has 106 valence electrons. The Labute approximate surface area is 126 Å². The standard InChI is InChI=1S/C18H12N2O2/c21-16-7-6-13(10-20-16)17-14-11-19-9-8-15(14)22-18(17)12-4-2-1-3-5-12/h1-11H,(H,20,21). The van der Waals surface area contributed by atoms with Gasteiger partial charge in [0.25, 0.3) is 0 Å². The fourth-order valence-electron chi connectivity index (χ4n) is 2.59. The molecule has 3 heterocycles. The van der Waals surface area contributed by atoms with E-state index in [-0.39, 0.29) is 5.56 Å². The van der Waals surface area contributed by atoms with Crippen LogP contribution in [0.15, 0.2) is 76.3 Å². The van der Waals surface area contributed by atoms with Crippen LogP contribution in [0.3, 0.4) is 0 Å². The zero-order valence-electron chi connectivity index (χ0n) is 11.6. The summed E-state index contributed by atoms with van der Waals surface area (Å²) < 4.78 is 6.04. The molecule has 0 saturated heterocycles. The molecule has 0 spiro atoms. The molecule has 0 aliphatic carbocycles. The zero-order valence-corrected chi connectivity index (χ0v) is 11.6. The average molecular weight is 288 g/mol. The van der Waals surface area contributed by atoms with Crippen LogP contribution in [-0.2, 0) is 0 Å². The maximum absolute atomic E-state index is 11.3. The Balaban J connectivity index is 2.06. The number of aromatic amines is 1. The lowest BCUT2D eigenvalue weighted by Gasteiger charge is -2.03. The van der Waals surface area contributed by atoms with Gasteiger partial charge in [-0.25, -0.2) is 0 Å². The first kappa shape index (κ1) is 12.6. The molecule has 1 aromatic carbocycles. The molecular weight excluding hydrogens is 276 g/mol. The van der Waals surface area contributed by atoms with E-state index in [2.05, 4.69) is 9.97 Å². The second-order valence-electron chi connectivity index (χ2n) is 4.99. The van der Waals surface area contributed by atoms with Crippen molar-refractivity contribution in [3.05, 3.63) is 77.5 Å². The average Bonchev–Trinajstić information content (AvgIpc) is 2.96. The predicted octanol–water partition coefficient (Wildman–Crippen LogP) is 3.85. The largest absolute Gasteiger partial charge is 0.455 e. The third-order valence-corrected chi connectivity index (χ3v) is 3.60. The monoisotopic (exact) mass is 288 g/mol. The number of rotatable bonds is 2. The first-order valence-electron chi connectivity index (χ1n) is 6.94. The van der Waals surface area contributed by atoms with Gasteiger partial charge in [0, 0.05) is 46.7 Å². The summed E-state index contributed by atoms with van der Waals surface area (Å²) >= 11 is 0. The van der Waals surface area contributed by atoms with Gasteiger partial charge >= 0.3 is 0 Å². The smallest absolute Gasteiger partial charge is 0.247 e. The van der Waals surface area contributed by atoms with Gasteiger partial charge in [0.2, 0.25) is 5.56 Å². The van der Waals surface area contributed by atoms with Crippen molar-refractivity contribution in [2.24, 2.45) is 0 Å². The highest BCUT2D eigenvalue weighted by Crippen LogP contribution is 2.39. The number of furan rings is 1. The van der Waals surface area contributed by atoms with E-state index in [1.165, 1.54) is 6.07 Å². The molecule has 0 aliphatic heterocycles. The predicted molar refractivity (Wildman–Crippen MR) is 85.5 cm³/mol. The van der Waals surface area contributed by atoms with E-state index >= 15 is 0 Å². The molecule has 0 amide bonds. The number of hydrogen-bond donors (Lipinski definition) is 1. The number of aromatic nitrogens is 2. The summed E-state index contributed by atoms with van der Waals surface area (Å²) in [7, 11) is 0. The van der Waals surface area contributed by atoms with Crippen molar-refractivity contribution in [2.45, 2.75) is 0 Å². The summed E-state index contributed by atoms with van der Waals surface area (Å²) in [6, 6.07) is 15.1. The van der Waals surface area contributed by atoms with Gasteiger partial charge in [-0.1, -0.05) is 30.3 Å². The molecule has 22 heavy (non-hydrogen) atoms. The quantitative estimate of drug-likeness (QED) is 0.609. The summed E-state index contributed by atoms with van der Waals surface area (Å²) in [6.45, 7) is 0. The van der Waals surface area contributed by atoms with E-state index in [1.807, 2.05) is 36.4 Å². The van der Waals surface area contributed by atoms with Crippen LogP contribution in [0.1, 0.15) is 0 Å². The molecule has 0 unspecified atom stereocenters. The van der Waals surface area contributed by atoms with E-state index in [4.69, 9.17) is 4.42 Å². The minimum atomic E-state index is -0.129. The van der Waals surface area contributed by atoms with Crippen LogP contribution in [0.2, 0.25) is 0 Å². The van der Waals surface area contributed by atoms with Gasteiger partial charge < -0.3 is 9.40 Å². The van der Waals surface area contributed by atoms with Gasteiger partial charge in [-0.3, -0.25) is 9.78 Å². The first-order valence-corrected chi connectivity index (χ1v) is 6.94. The summed E-state index contributed by atoms with van der Waals surface area (Å²) in [5.41, 5.74) is 3.46. The zero-order chi connectivity index (χ0) is 14.9. The van der Waals surface area contributed by atoms with Crippen molar-refractivity contribution in [2.75, 3.05) is 0 Å². The van der Waals surface area contributed by atoms with E-state index in [1.54, 1.807) is 24.7 Å². The molecule has 0 atom stereocenters. The normalized spacial score (nSPS) is 10.9. The molecule has 4 heteroatoms. The van der Waals surface area contributed by atoms with Crippen LogP contribution in [0, 0.1) is 0 Å². The van der Waals surface area contributed by atoms with Gasteiger partial charge in [-0.15, -0.1) is 0 Å². The lowest BCUT2D eigenvalue weighted by Crippen LogP contribution is -2.01. The van der Waals surface area contributed by atoms with Crippen molar-refractivity contribution in [1.82, 2.24) is 9.97 Å². The molecule has 4 rings (SSSR count). The number of pyridine rings is 2. The minimum Gasteiger partial charge on any atom is -0.455 e. The second kappa shape index (κ2) is 5.00. The van der Waals surface area contributed by atoms with Gasteiger partial charge in [-0.2, -0.15) is 0 Å². The van der Waals surface area contributed by atoms with Crippen LogP contribution >= 0.6 is 0 Å². The van der Waals surface area contributed by atoms with E-state index < -0.39 is 0 Å². The molecule has 0 fully saturated rings. The van der Waals surface area contributed by atoms with Crippen molar-refractivity contribution in [1.29, 1.82) is 0 Å². The lowest BCUT2D eigenvalue weighted by molar-refractivity contribution is 0.632. The molecule has 0 bridgehead atoms. The maximum Gasteiger partial charge on any atom is 0.247 e. The van der Waals surface area contributed by atoms with E-state index in [0.717, 1.165) is 33.4 Å². The fourth-order valence-corrected chi connectivity index (χ4v) is 2.59. The SMILES string of the molecule is O=c1ccc(-c2c(-c3ccccc3)oc3ccncc23)c[nH]1. The molecule has 4 aromatic rings. The fraction of sp³-hybridized carbons (Fsp3) is 0. The summed E-state index contributed by atoms with van der Waals surface area (Å²) in [5.74, 6) is 0.774. The third kappa shape index (κ3) is 2.02. The Morgan fingerprint density at radius 2 is 1.82 bits per heavy atom. The molecule has 4 nitrogen and oxygen atoms in total. The Kier molecular flexibility index (Phi) is 2.86. The first-order chi connectivity index (χ1) is 10.8. The Morgan fingerprint density at radius 3 is 2.59 bits per heavy atom. The number of nitrogens with zero attached hydrogens (tertiary/aromatic N) is 1. The minimum absolute atomic E-state index is 0.129. The molecule has 0 saturated carbocycles. The van der Waals surface area contributed by atoms with Crippen molar-refractivity contribution < 1.29 is 4.42 Å². The van der Waals surface area contributed by atoms with Crippen LogP contribution < -0.4 is 5.56 Å². The second-order valence-corrected chi connectivity index (χ2v) is 4.99. The summed E-state index contributed by atoms with van der Waals surface area (Å²) in [6.07, 6.45) is 5.19. The molecular formula is C18H12N2O2. The third-order valence-electron chi connectivity index (χ3n) is 3.60. The molecule has 0 radical (unpaired) electrons. The van der Waals surface area contributed by atoms with E-state index in [0.29, 0.717) is 0 Å². The van der Waals surface area contributed by atoms with Gasteiger partial charge in [0.15, 0.2) is 0 Å². The highest BCUT2D eigenvalue weighted by Gasteiger charge is 2.17. The molecule has 1 N–H and O–H groups in total. The van der Waals surface area contributed by atoms with Crippen LogP contribution in [0.5, 0.6) is 0 Å². The van der Waals surface area contributed by atoms with Crippen molar-refractivity contribution in [3.63, 3.8) is 0 Å². The topological polar surface area (TPSA) is 58.9 Å². The van der Waals surface area contributed by atoms with Crippen molar-refractivity contribution >= 4 is 11.0 Å². The van der Waals surface area contributed by atoms with Gasteiger partial charge in [-0.05, 0) is 12.1 Å². The summed E-state index contributed by atoms with van der Waals surface area (Å²) in [4.78, 5) is 18.2. The Bertz CT molecular complexity index is 980. The Hall–Kier alpha value is -3.14. The van der Waals surface area contributed by atoms with Gasteiger partial charge in [0.1, 0.15) is 11.3 Å². The highest BCUT2D eigenvalue weighted by molar-refractivity contribution is 6.01. The lowest BCUT2D eigenvalue weighted by atomic mass is 10.0. The van der Waals surface area contributed by atoms with Crippen LogP contribution in [0.25, 0.3) is 33.4 Å². The highest BCUT2D eigenvalue weighted by atomic mass is 16.3. The van der Waals surface area contributed by atoms with Crippen LogP contribution in [0.4, 0.5) is 0 Å². The number of nitrogens with one attached hydrogen (secondary N) is 1. The summed E-state index contributed by atoms with van der Waals surface area (Å²) in [5, 5.41) is 0.924. The number of hydrogen-bond acceptors (Lipinski definition) is 3. The maximum atomic E-state index is 11.3. The van der Waals surface area contributed by atoms with E-state index in [9.17, 15) is 4.79 Å². The Morgan fingerprint density at radius 1 is 0.955 bits per heavy atom. The van der Waals surface area contributed by atoms with Gasteiger partial charge in [0.05, 0.1) is 0 Å². The molecule has 0 aliphatic rings. The molecule has 3 aromatic heterocycles. The number of benzene rings is 1. The number of H-pyrrole nitrogens is 1. The van der Waals surface area contributed by atoms with Crippen molar-refractivity contribution in [3.8, 4) is 22.5 Å². The van der Waals surface area contributed by atoms with Crippen LogP contribution in [-0.4, -0.2) is 9.97 Å².